The van der Waals surface area contributed by atoms with Gasteiger partial charge < -0.3 is 15.4 Å². The van der Waals surface area contributed by atoms with Crippen LogP contribution < -0.4 is 15.4 Å². The molecule has 0 radical (unpaired) electrons. The van der Waals surface area contributed by atoms with Crippen molar-refractivity contribution >= 4 is 52.5 Å². The van der Waals surface area contributed by atoms with E-state index in [2.05, 4.69) is 10.6 Å². The molecule has 27 heavy (non-hydrogen) atoms. The minimum Gasteiger partial charge on any atom is -0.495 e. The number of halogens is 2. The fraction of sp³-hybridized carbons (Fsp3) is 0.200. The molecular formula is C20H20Cl2N2O3. The van der Waals surface area contributed by atoms with Crippen LogP contribution >= 0.6 is 23.2 Å². The van der Waals surface area contributed by atoms with Crippen molar-refractivity contribution in [3.05, 3.63) is 58.1 Å². The van der Waals surface area contributed by atoms with E-state index in [9.17, 15) is 9.59 Å². The Morgan fingerprint density at radius 2 is 1.81 bits per heavy atom. The normalized spacial score (nSPS) is 10.7. The lowest BCUT2D eigenvalue weighted by Crippen LogP contribution is -2.12. The number of hydrogen-bond donors (Lipinski definition) is 2. The summed E-state index contributed by atoms with van der Waals surface area (Å²) in [5, 5.41) is 6.33. The molecule has 0 heterocycles. The van der Waals surface area contributed by atoms with Crippen LogP contribution in [0.4, 0.5) is 11.4 Å². The third-order valence-corrected chi connectivity index (χ3v) is 4.05. The molecule has 0 aliphatic rings. The Kier molecular flexibility index (Phi) is 7.70. The largest absolute Gasteiger partial charge is 0.495 e. The number of ether oxygens (including phenoxy) is 1. The van der Waals surface area contributed by atoms with E-state index in [1.54, 1.807) is 42.5 Å². The van der Waals surface area contributed by atoms with Crippen LogP contribution in [-0.2, 0) is 9.59 Å². The molecule has 142 valence electrons. The van der Waals surface area contributed by atoms with Gasteiger partial charge in [-0.1, -0.05) is 36.2 Å². The summed E-state index contributed by atoms with van der Waals surface area (Å²) < 4.78 is 5.24. The molecule has 0 aromatic heterocycles. The van der Waals surface area contributed by atoms with E-state index in [1.807, 2.05) is 6.92 Å². The first-order valence-electron chi connectivity index (χ1n) is 8.35. The maximum Gasteiger partial charge on any atom is 0.248 e. The minimum atomic E-state index is -0.342. The van der Waals surface area contributed by atoms with Gasteiger partial charge in [0.05, 0.1) is 12.1 Å². The van der Waals surface area contributed by atoms with Crippen molar-refractivity contribution < 1.29 is 14.3 Å². The van der Waals surface area contributed by atoms with Gasteiger partial charge in [-0.25, -0.2) is 0 Å². The first-order valence-corrected chi connectivity index (χ1v) is 9.10. The van der Waals surface area contributed by atoms with E-state index < -0.39 is 0 Å². The molecule has 2 N–H and O–H groups in total. The Balaban J connectivity index is 2.08. The number of rotatable bonds is 7. The molecule has 0 aliphatic heterocycles. The highest BCUT2D eigenvalue weighted by molar-refractivity contribution is 6.36. The predicted octanol–water partition coefficient (Wildman–Crippen LogP) is 5.39. The van der Waals surface area contributed by atoms with E-state index in [-0.39, 0.29) is 11.8 Å². The second-order valence-corrected chi connectivity index (χ2v) is 6.56. The Hall–Kier alpha value is -2.50. The van der Waals surface area contributed by atoms with E-state index >= 15 is 0 Å². The highest BCUT2D eigenvalue weighted by Gasteiger charge is 2.08. The van der Waals surface area contributed by atoms with Gasteiger partial charge in [0.25, 0.3) is 0 Å². The van der Waals surface area contributed by atoms with Crippen molar-refractivity contribution in [2.75, 3.05) is 17.7 Å². The SMILES string of the molecule is CCCC(=O)Nc1cccc(NC(=O)C=Cc2cc(Cl)cc(Cl)c2OC)c1. The number of methoxy groups -OCH3 is 1. The van der Waals surface area contributed by atoms with Crippen molar-refractivity contribution in [2.45, 2.75) is 19.8 Å². The summed E-state index contributed by atoms with van der Waals surface area (Å²) in [6.07, 6.45) is 4.14. The topological polar surface area (TPSA) is 67.4 Å². The summed E-state index contributed by atoms with van der Waals surface area (Å²) in [6.45, 7) is 1.94. The molecular weight excluding hydrogens is 387 g/mol. The second-order valence-electron chi connectivity index (χ2n) is 5.71. The number of hydrogen-bond acceptors (Lipinski definition) is 3. The standard InChI is InChI=1S/C20H20Cl2N2O3/c1-3-5-18(25)23-15-6-4-7-16(12-15)24-19(26)9-8-13-10-14(21)11-17(22)20(13)27-2/h4,6-12H,3,5H2,1-2H3,(H,23,25)(H,24,26). The van der Waals surface area contributed by atoms with Gasteiger partial charge in [-0.2, -0.15) is 0 Å². The van der Waals surface area contributed by atoms with Crippen LogP contribution in [0, 0.1) is 0 Å². The lowest BCUT2D eigenvalue weighted by atomic mass is 10.2. The number of nitrogens with one attached hydrogen (secondary N) is 2. The number of carbonyl (C=O) groups is 2. The Bertz CT molecular complexity index is 866. The molecule has 2 aromatic rings. The number of carbonyl (C=O) groups excluding carboxylic acids is 2. The van der Waals surface area contributed by atoms with Crippen LogP contribution in [0.2, 0.25) is 10.0 Å². The van der Waals surface area contributed by atoms with Crippen LogP contribution in [0.5, 0.6) is 5.75 Å². The average molecular weight is 407 g/mol. The Morgan fingerprint density at radius 1 is 1.11 bits per heavy atom. The molecule has 2 aromatic carbocycles. The number of amides is 2. The third kappa shape index (κ3) is 6.31. The van der Waals surface area contributed by atoms with Gasteiger partial charge >= 0.3 is 0 Å². The molecule has 2 rings (SSSR count). The number of benzene rings is 2. The summed E-state index contributed by atoms with van der Waals surface area (Å²) in [4.78, 5) is 23.9. The maximum atomic E-state index is 12.2. The smallest absolute Gasteiger partial charge is 0.248 e. The van der Waals surface area contributed by atoms with Crippen molar-refractivity contribution in [1.82, 2.24) is 0 Å². The molecule has 0 fully saturated rings. The van der Waals surface area contributed by atoms with Gasteiger partial charge in [-0.05, 0) is 42.8 Å². The van der Waals surface area contributed by atoms with Crippen LogP contribution in [0.25, 0.3) is 6.08 Å². The van der Waals surface area contributed by atoms with Crippen LogP contribution in [0.15, 0.2) is 42.5 Å². The summed E-state index contributed by atoms with van der Waals surface area (Å²) in [5.74, 6) is 0.0294. The maximum absolute atomic E-state index is 12.2. The van der Waals surface area contributed by atoms with Crippen molar-refractivity contribution in [3.8, 4) is 5.75 Å². The molecule has 2 amide bonds. The zero-order valence-corrected chi connectivity index (χ0v) is 16.5. The van der Waals surface area contributed by atoms with Gasteiger partial charge in [0.2, 0.25) is 11.8 Å². The van der Waals surface area contributed by atoms with E-state index in [0.717, 1.165) is 6.42 Å². The van der Waals surface area contributed by atoms with Crippen LogP contribution in [0.1, 0.15) is 25.3 Å². The highest BCUT2D eigenvalue weighted by atomic mass is 35.5. The second kappa shape index (κ2) is 10.00. The zero-order chi connectivity index (χ0) is 19.8. The van der Waals surface area contributed by atoms with Crippen molar-refractivity contribution in [2.24, 2.45) is 0 Å². The van der Waals surface area contributed by atoms with E-state index in [0.29, 0.717) is 39.2 Å². The quantitative estimate of drug-likeness (QED) is 0.605. The molecule has 0 aliphatic carbocycles. The summed E-state index contributed by atoms with van der Waals surface area (Å²) >= 11 is 12.1. The number of anilines is 2. The lowest BCUT2D eigenvalue weighted by molar-refractivity contribution is -0.116. The Labute approximate surface area is 168 Å². The van der Waals surface area contributed by atoms with Gasteiger partial charge in [0.15, 0.2) is 0 Å². The monoisotopic (exact) mass is 406 g/mol. The van der Waals surface area contributed by atoms with Crippen molar-refractivity contribution in [1.29, 1.82) is 0 Å². The summed E-state index contributed by atoms with van der Waals surface area (Å²) in [7, 11) is 1.49. The van der Waals surface area contributed by atoms with Crippen LogP contribution in [0.3, 0.4) is 0 Å². The summed E-state index contributed by atoms with van der Waals surface area (Å²) in [5.41, 5.74) is 1.78. The van der Waals surface area contributed by atoms with Crippen LogP contribution in [-0.4, -0.2) is 18.9 Å². The summed E-state index contributed by atoms with van der Waals surface area (Å²) in [6, 6.07) is 10.2. The minimum absolute atomic E-state index is 0.0641. The average Bonchev–Trinajstić information content (AvgIpc) is 2.60. The molecule has 0 saturated carbocycles. The highest BCUT2D eigenvalue weighted by Crippen LogP contribution is 2.33. The van der Waals surface area contributed by atoms with Gasteiger partial charge in [0.1, 0.15) is 5.75 Å². The fourth-order valence-electron chi connectivity index (χ4n) is 2.39. The van der Waals surface area contributed by atoms with Gasteiger partial charge in [-0.3, -0.25) is 9.59 Å². The Morgan fingerprint density at radius 3 is 2.48 bits per heavy atom. The van der Waals surface area contributed by atoms with E-state index in [1.165, 1.54) is 13.2 Å². The first-order chi connectivity index (χ1) is 12.9. The molecule has 7 heteroatoms. The van der Waals surface area contributed by atoms with Gasteiger partial charge in [-0.15, -0.1) is 0 Å². The molecule has 0 unspecified atom stereocenters. The third-order valence-electron chi connectivity index (χ3n) is 3.55. The predicted molar refractivity (Wildman–Crippen MR) is 111 cm³/mol. The van der Waals surface area contributed by atoms with E-state index in [4.69, 9.17) is 27.9 Å². The lowest BCUT2D eigenvalue weighted by Gasteiger charge is -2.08. The zero-order valence-electron chi connectivity index (χ0n) is 15.0. The fourth-order valence-corrected chi connectivity index (χ4v) is 2.98. The van der Waals surface area contributed by atoms with Crippen molar-refractivity contribution in [3.63, 3.8) is 0 Å². The molecule has 5 nitrogen and oxygen atoms in total. The molecule has 0 bridgehead atoms. The molecule has 0 atom stereocenters. The van der Waals surface area contributed by atoms with Gasteiger partial charge in [0, 0.05) is 34.5 Å². The molecule has 0 saturated heterocycles. The molecule has 0 spiro atoms. The first kappa shape index (κ1) is 20.8.